The summed E-state index contributed by atoms with van der Waals surface area (Å²) in [5.74, 6) is -1.83. The van der Waals surface area contributed by atoms with Gasteiger partial charge in [-0.25, -0.2) is 9.18 Å². The first-order valence-corrected chi connectivity index (χ1v) is 12.6. The number of unbranched alkanes of at least 4 members (excludes halogenated alkanes) is 1. The van der Waals surface area contributed by atoms with Gasteiger partial charge in [-0.2, -0.15) is 0 Å². The minimum absolute atomic E-state index is 0.0177. The van der Waals surface area contributed by atoms with E-state index in [1.54, 1.807) is 26.0 Å². The highest BCUT2D eigenvalue weighted by molar-refractivity contribution is 6.17. The number of nitrogens with zero attached hydrogens (tertiary/aromatic N) is 2. The third-order valence-corrected chi connectivity index (χ3v) is 5.35. The van der Waals surface area contributed by atoms with Gasteiger partial charge in [-0.05, 0) is 51.1 Å². The van der Waals surface area contributed by atoms with Gasteiger partial charge in [0.15, 0.2) is 18.0 Å². The molecule has 0 aliphatic carbocycles. The molecule has 0 aromatic heterocycles. The molecule has 1 saturated heterocycles. The lowest BCUT2D eigenvalue weighted by Crippen LogP contribution is -2.45. The molecule has 2 rings (SSSR count). The smallest absolute Gasteiger partial charge is 0.347 e. The van der Waals surface area contributed by atoms with Crippen LogP contribution < -0.4 is 0 Å². The molecule has 1 aromatic carbocycles. The van der Waals surface area contributed by atoms with Crippen molar-refractivity contribution in [1.82, 2.24) is 4.90 Å². The Morgan fingerprint density at radius 1 is 1.23 bits per heavy atom. The van der Waals surface area contributed by atoms with Crippen molar-refractivity contribution in [3.8, 4) is 0 Å². The number of carbonyl (C=O) groups excluding carboxylic acids is 3. The minimum Gasteiger partial charge on any atom is -0.490 e. The van der Waals surface area contributed by atoms with E-state index in [9.17, 15) is 18.8 Å². The van der Waals surface area contributed by atoms with Gasteiger partial charge in [0.05, 0.1) is 25.4 Å². The van der Waals surface area contributed by atoms with E-state index in [1.807, 2.05) is 30.3 Å². The molecular weight excluding hydrogens is 519 g/mol. The number of aliphatic hydroxyl groups excluding tert-OH is 1. The second-order valence-corrected chi connectivity index (χ2v) is 8.05. The molecule has 1 aromatic rings. The Balaban J connectivity index is 0.00000391. The van der Waals surface area contributed by atoms with Crippen LogP contribution in [0.5, 0.6) is 0 Å². The van der Waals surface area contributed by atoms with Gasteiger partial charge in [0.1, 0.15) is 24.0 Å². The molecule has 0 saturated carbocycles. The lowest BCUT2D eigenvalue weighted by atomic mass is 10.1. The molecule has 1 amide bonds. The average molecular weight is 557 g/mol. The summed E-state index contributed by atoms with van der Waals surface area (Å²) in [6, 6.07) is 9.20. The molecule has 216 valence electrons. The summed E-state index contributed by atoms with van der Waals surface area (Å²) < 4.78 is 29.9. The zero-order valence-electron chi connectivity index (χ0n) is 23.2. The van der Waals surface area contributed by atoms with Crippen molar-refractivity contribution < 1.29 is 38.1 Å². The van der Waals surface area contributed by atoms with Crippen LogP contribution in [0.3, 0.4) is 0 Å². The van der Waals surface area contributed by atoms with Crippen molar-refractivity contribution in [2.24, 2.45) is 4.99 Å². The predicted octanol–water partition coefficient (Wildman–Crippen LogP) is 4.36. The van der Waals surface area contributed by atoms with Crippen LogP contribution in [0.25, 0.3) is 0 Å². The molecular formula is C30H37FN2O7. The maximum absolute atomic E-state index is 13.8. The highest BCUT2D eigenvalue weighted by Crippen LogP contribution is 2.27. The van der Waals surface area contributed by atoms with E-state index in [1.165, 1.54) is 17.1 Å². The molecule has 1 N–H and O–H groups in total. The summed E-state index contributed by atoms with van der Waals surface area (Å²) in [7, 11) is 1.00. The minimum atomic E-state index is -0.985. The standard InChI is InChI=1S/C29H33FN2O6.CH4O/c1-5-23(30)15-11-8-12-16-25-21(3)32(18-24(19-33)38-25)28(34)27(29(35)36-6-2)26(17-31-4)37-20-22-13-9-7-10-14-22;1-2/h5,7,9-11,13-16,19,24H,3-4,6,8,12,17-18,20H2,1-2H3;2H,1H3/b15-11-,23-5+,25-16-,27-26-;. The summed E-state index contributed by atoms with van der Waals surface area (Å²) >= 11 is 0. The summed E-state index contributed by atoms with van der Waals surface area (Å²) in [5.41, 5.74) is 0.606. The van der Waals surface area contributed by atoms with Crippen molar-refractivity contribution >= 4 is 24.9 Å². The summed E-state index contributed by atoms with van der Waals surface area (Å²) in [6.07, 6.45) is 6.49. The zero-order valence-corrected chi connectivity index (χ0v) is 23.2. The highest BCUT2D eigenvalue weighted by atomic mass is 19.1. The van der Waals surface area contributed by atoms with Gasteiger partial charge in [-0.15, -0.1) is 0 Å². The quantitative estimate of drug-likeness (QED) is 0.0442. The van der Waals surface area contributed by atoms with Gasteiger partial charge >= 0.3 is 5.97 Å². The van der Waals surface area contributed by atoms with Crippen LogP contribution in [0.1, 0.15) is 32.3 Å². The number of amides is 1. The molecule has 9 nitrogen and oxygen atoms in total. The van der Waals surface area contributed by atoms with Gasteiger partial charge < -0.3 is 24.2 Å². The van der Waals surface area contributed by atoms with E-state index in [0.29, 0.717) is 19.1 Å². The van der Waals surface area contributed by atoms with Crippen LogP contribution in [0.15, 0.2) is 94.8 Å². The Morgan fingerprint density at radius 2 is 1.93 bits per heavy atom. The first kappa shape index (κ1) is 33.7. The number of rotatable bonds is 13. The van der Waals surface area contributed by atoms with Crippen molar-refractivity contribution in [2.75, 3.05) is 26.8 Å². The molecule has 0 bridgehead atoms. The van der Waals surface area contributed by atoms with Gasteiger partial charge in [0.2, 0.25) is 0 Å². The molecule has 0 radical (unpaired) electrons. The van der Waals surface area contributed by atoms with E-state index >= 15 is 0 Å². The number of hydrogen-bond donors (Lipinski definition) is 1. The summed E-state index contributed by atoms with van der Waals surface area (Å²) in [6.45, 7) is 10.4. The third kappa shape index (κ3) is 10.5. The Kier molecular flexibility index (Phi) is 15.9. The van der Waals surface area contributed by atoms with E-state index in [-0.39, 0.29) is 54.9 Å². The van der Waals surface area contributed by atoms with Crippen LogP contribution in [0.4, 0.5) is 4.39 Å². The molecule has 1 aliphatic rings. The second kappa shape index (κ2) is 18.9. The number of aldehydes is 1. The highest BCUT2D eigenvalue weighted by Gasteiger charge is 2.37. The molecule has 1 aliphatic heterocycles. The fourth-order valence-corrected chi connectivity index (χ4v) is 3.44. The maximum atomic E-state index is 13.8. The number of carbonyl (C=O) groups is 3. The Bertz CT molecular complexity index is 1140. The number of hydrogen-bond acceptors (Lipinski definition) is 8. The number of halogens is 1. The first-order chi connectivity index (χ1) is 19.4. The largest absolute Gasteiger partial charge is 0.490 e. The maximum Gasteiger partial charge on any atom is 0.347 e. The van der Waals surface area contributed by atoms with Gasteiger partial charge in [0.25, 0.3) is 5.91 Å². The van der Waals surface area contributed by atoms with Crippen LogP contribution in [-0.2, 0) is 35.2 Å². The number of aliphatic hydroxyl groups is 1. The summed E-state index contributed by atoms with van der Waals surface area (Å²) in [4.78, 5) is 43.4. The van der Waals surface area contributed by atoms with Gasteiger partial charge in [-0.1, -0.05) is 49.1 Å². The van der Waals surface area contributed by atoms with Crippen molar-refractivity contribution in [2.45, 2.75) is 39.4 Å². The first-order valence-electron chi connectivity index (χ1n) is 12.6. The van der Waals surface area contributed by atoms with Crippen molar-refractivity contribution in [3.63, 3.8) is 0 Å². The fourth-order valence-electron chi connectivity index (χ4n) is 3.44. The molecule has 10 heteroatoms. The fraction of sp³-hybridized carbons (Fsp3) is 0.333. The number of esters is 1. The lowest BCUT2D eigenvalue weighted by Gasteiger charge is -2.34. The normalized spacial score (nSPS) is 16.9. The number of morpholine rings is 1. The lowest BCUT2D eigenvalue weighted by molar-refractivity contribution is -0.143. The van der Waals surface area contributed by atoms with E-state index in [4.69, 9.17) is 19.3 Å². The number of ether oxygens (including phenoxy) is 3. The van der Waals surface area contributed by atoms with Gasteiger partial charge in [0, 0.05) is 7.11 Å². The van der Waals surface area contributed by atoms with Crippen LogP contribution >= 0.6 is 0 Å². The molecule has 1 unspecified atom stereocenters. The molecule has 1 fully saturated rings. The number of aliphatic imine (C=N–C) groups is 1. The SMILES string of the molecule is C=NC/C(OCc1ccccc1)=C(/C(=O)OCC)C(=O)N1CC(C=O)O/C(=C\CC/C=C\C(F)=C/C)C1=C.CO. The van der Waals surface area contributed by atoms with Crippen molar-refractivity contribution in [1.29, 1.82) is 0 Å². The Hall–Kier alpha value is -4.31. The van der Waals surface area contributed by atoms with Crippen molar-refractivity contribution in [3.05, 3.63) is 95.4 Å². The second-order valence-electron chi connectivity index (χ2n) is 8.05. The summed E-state index contributed by atoms with van der Waals surface area (Å²) in [5, 5.41) is 7.00. The zero-order chi connectivity index (χ0) is 29.9. The van der Waals surface area contributed by atoms with E-state index < -0.39 is 18.0 Å². The topological polar surface area (TPSA) is 115 Å². The number of benzene rings is 1. The van der Waals surface area contributed by atoms with E-state index in [0.717, 1.165) is 12.7 Å². The van der Waals surface area contributed by atoms with Gasteiger partial charge in [-0.3, -0.25) is 14.6 Å². The van der Waals surface area contributed by atoms with Crippen LogP contribution in [-0.4, -0.2) is 67.8 Å². The van der Waals surface area contributed by atoms with E-state index in [2.05, 4.69) is 18.3 Å². The third-order valence-electron chi connectivity index (χ3n) is 5.35. The molecule has 1 atom stereocenters. The Morgan fingerprint density at radius 3 is 2.52 bits per heavy atom. The Labute approximate surface area is 234 Å². The van der Waals surface area contributed by atoms with Crippen LogP contribution in [0.2, 0.25) is 0 Å². The predicted molar refractivity (Wildman–Crippen MR) is 151 cm³/mol. The monoisotopic (exact) mass is 556 g/mol. The number of allylic oxidation sites excluding steroid dienone is 5. The van der Waals surface area contributed by atoms with Crippen LogP contribution in [0, 0.1) is 0 Å². The molecule has 1 heterocycles. The molecule has 40 heavy (non-hydrogen) atoms. The average Bonchev–Trinajstić information content (AvgIpc) is 2.98. The molecule has 0 spiro atoms.